The number of benzene rings is 1. The van der Waals surface area contributed by atoms with Crippen molar-refractivity contribution in [3.8, 4) is 0 Å². The van der Waals surface area contributed by atoms with Crippen LogP contribution in [-0.2, 0) is 0 Å². The zero-order valence-electron chi connectivity index (χ0n) is 7.46. The van der Waals surface area contributed by atoms with Crippen LogP contribution in [0.4, 0.5) is 11.4 Å². The predicted octanol–water partition coefficient (Wildman–Crippen LogP) is 1.79. The number of para-hydroxylation sites is 2. The number of hydrogen-bond donors (Lipinski definition) is 3. The molecule has 66 valence electrons. The highest BCUT2D eigenvalue weighted by Gasteiger charge is 2.12. The first-order valence-electron chi connectivity index (χ1n) is 4.24. The molecule has 0 spiro atoms. The smallest absolute Gasteiger partial charge is 0.150 e. The average molecular weight is 165 g/mol. The van der Waals surface area contributed by atoms with Gasteiger partial charge in [0.1, 0.15) is 0 Å². The van der Waals surface area contributed by atoms with Crippen LogP contribution in [0.2, 0.25) is 0 Å². The molecule has 1 aromatic carbocycles. The maximum atomic E-state index is 5.56. The van der Waals surface area contributed by atoms with Crippen molar-refractivity contribution in [3.05, 3.63) is 24.3 Å². The van der Waals surface area contributed by atoms with Crippen LogP contribution < -0.4 is 16.4 Å². The third-order valence-corrected chi connectivity index (χ3v) is 1.55. The molecule has 0 bridgehead atoms. The summed E-state index contributed by atoms with van der Waals surface area (Å²) in [5.41, 5.74) is 7.72. The van der Waals surface area contributed by atoms with Crippen LogP contribution in [0.1, 0.15) is 13.8 Å². The lowest BCUT2D eigenvalue weighted by Crippen LogP contribution is -2.31. The lowest BCUT2D eigenvalue weighted by Gasteiger charge is -2.01. The summed E-state index contributed by atoms with van der Waals surface area (Å²) in [6.45, 7) is 4.00. The number of rotatable bonds is 0. The molecule has 0 aliphatic carbocycles. The SMILES string of the molecule is CC.NC1Nc2ccccc2N1. The summed E-state index contributed by atoms with van der Waals surface area (Å²) in [7, 11) is 0. The van der Waals surface area contributed by atoms with Crippen LogP contribution >= 0.6 is 0 Å². The first kappa shape index (κ1) is 8.87. The van der Waals surface area contributed by atoms with Gasteiger partial charge in [0.25, 0.3) is 0 Å². The second-order valence-electron chi connectivity index (χ2n) is 2.31. The van der Waals surface area contributed by atoms with E-state index in [-0.39, 0.29) is 6.29 Å². The molecular weight excluding hydrogens is 150 g/mol. The minimum atomic E-state index is -0.127. The Labute approximate surface area is 73.0 Å². The zero-order valence-corrected chi connectivity index (χ0v) is 7.46. The molecule has 3 heteroatoms. The van der Waals surface area contributed by atoms with Gasteiger partial charge in [0, 0.05) is 0 Å². The van der Waals surface area contributed by atoms with Gasteiger partial charge in [0.2, 0.25) is 0 Å². The van der Waals surface area contributed by atoms with Crippen molar-refractivity contribution < 1.29 is 0 Å². The molecule has 12 heavy (non-hydrogen) atoms. The van der Waals surface area contributed by atoms with Gasteiger partial charge in [0.15, 0.2) is 6.29 Å². The molecule has 1 aromatic rings. The van der Waals surface area contributed by atoms with E-state index in [1.165, 1.54) is 0 Å². The van der Waals surface area contributed by atoms with Gasteiger partial charge in [-0.25, -0.2) is 0 Å². The van der Waals surface area contributed by atoms with Gasteiger partial charge in [0.05, 0.1) is 11.4 Å². The second kappa shape index (κ2) is 3.97. The standard InChI is InChI=1S/C7H9N3.C2H6/c8-7-9-5-3-1-2-4-6(5)10-7;1-2/h1-4,7,9-10H,8H2;1-2H3. The van der Waals surface area contributed by atoms with Gasteiger partial charge in [-0.2, -0.15) is 0 Å². The van der Waals surface area contributed by atoms with Crippen molar-refractivity contribution in [2.45, 2.75) is 20.1 Å². The molecule has 1 aliphatic heterocycles. The van der Waals surface area contributed by atoms with Crippen molar-refractivity contribution in [2.24, 2.45) is 5.73 Å². The number of nitrogens with two attached hydrogens (primary N) is 1. The molecule has 0 fully saturated rings. The minimum absolute atomic E-state index is 0.127. The molecule has 0 aromatic heterocycles. The van der Waals surface area contributed by atoms with Gasteiger partial charge in [-0.3, -0.25) is 5.73 Å². The molecule has 0 unspecified atom stereocenters. The number of anilines is 2. The fraction of sp³-hybridized carbons (Fsp3) is 0.333. The highest BCUT2D eigenvalue weighted by Crippen LogP contribution is 2.25. The Balaban J connectivity index is 0.000000336. The fourth-order valence-electron chi connectivity index (χ4n) is 1.11. The van der Waals surface area contributed by atoms with Crippen LogP contribution in [0.25, 0.3) is 0 Å². The summed E-state index contributed by atoms with van der Waals surface area (Å²) in [6, 6.07) is 7.95. The van der Waals surface area contributed by atoms with Gasteiger partial charge in [-0.15, -0.1) is 0 Å². The molecule has 1 heterocycles. The zero-order chi connectivity index (χ0) is 8.97. The molecular formula is C9H15N3. The van der Waals surface area contributed by atoms with Crippen molar-refractivity contribution in [2.75, 3.05) is 10.6 Å². The Bertz CT molecular complexity index is 222. The lowest BCUT2D eigenvalue weighted by atomic mass is 10.3. The number of nitrogens with one attached hydrogen (secondary N) is 2. The minimum Gasteiger partial charge on any atom is -0.352 e. The quantitative estimate of drug-likeness (QED) is 0.549. The van der Waals surface area contributed by atoms with Gasteiger partial charge in [-0.05, 0) is 12.1 Å². The van der Waals surface area contributed by atoms with Crippen molar-refractivity contribution in [1.82, 2.24) is 0 Å². The van der Waals surface area contributed by atoms with Gasteiger partial charge in [-0.1, -0.05) is 26.0 Å². The summed E-state index contributed by atoms with van der Waals surface area (Å²) in [5.74, 6) is 0. The van der Waals surface area contributed by atoms with Crippen molar-refractivity contribution in [3.63, 3.8) is 0 Å². The highest BCUT2D eigenvalue weighted by molar-refractivity contribution is 5.73. The number of hydrogen-bond acceptors (Lipinski definition) is 3. The largest absolute Gasteiger partial charge is 0.352 e. The van der Waals surface area contributed by atoms with Gasteiger partial charge >= 0.3 is 0 Å². The van der Waals surface area contributed by atoms with E-state index >= 15 is 0 Å². The van der Waals surface area contributed by atoms with E-state index in [2.05, 4.69) is 10.6 Å². The van der Waals surface area contributed by atoms with E-state index in [0.29, 0.717) is 0 Å². The van der Waals surface area contributed by atoms with Crippen LogP contribution in [0.5, 0.6) is 0 Å². The summed E-state index contributed by atoms with van der Waals surface area (Å²) in [5, 5.41) is 6.13. The molecule has 3 nitrogen and oxygen atoms in total. The average Bonchev–Trinajstić information content (AvgIpc) is 2.48. The predicted molar refractivity (Wildman–Crippen MR) is 53.0 cm³/mol. The Morgan fingerprint density at radius 1 is 1.08 bits per heavy atom. The highest BCUT2D eigenvalue weighted by atomic mass is 15.3. The van der Waals surface area contributed by atoms with Crippen molar-refractivity contribution in [1.29, 1.82) is 0 Å². The third-order valence-electron chi connectivity index (χ3n) is 1.55. The Hall–Kier alpha value is -1.22. The van der Waals surface area contributed by atoms with Crippen LogP contribution in [0.3, 0.4) is 0 Å². The second-order valence-corrected chi connectivity index (χ2v) is 2.31. The monoisotopic (exact) mass is 165 g/mol. The fourth-order valence-corrected chi connectivity index (χ4v) is 1.11. The lowest BCUT2D eigenvalue weighted by molar-refractivity contribution is 0.902. The molecule has 0 atom stereocenters. The van der Waals surface area contributed by atoms with Crippen LogP contribution in [0, 0.1) is 0 Å². The summed E-state index contributed by atoms with van der Waals surface area (Å²) in [6.07, 6.45) is -0.127. The van der Waals surface area contributed by atoms with E-state index < -0.39 is 0 Å². The number of fused-ring (bicyclic) bond motifs is 1. The normalized spacial score (nSPS) is 13.6. The molecule has 2 rings (SSSR count). The molecule has 0 saturated carbocycles. The Morgan fingerprint density at radius 2 is 1.50 bits per heavy atom. The van der Waals surface area contributed by atoms with E-state index in [1.807, 2.05) is 38.1 Å². The van der Waals surface area contributed by atoms with E-state index in [9.17, 15) is 0 Å². The molecule has 4 N–H and O–H groups in total. The van der Waals surface area contributed by atoms with Gasteiger partial charge < -0.3 is 10.6 Å². The summed E-state index contributed by atoms with van der Waals surface area (Å²) < 4.78 is 0. The summed E-state index contributed by atoms with van der Waals surface area (Å²) >= 11 is 0. The Kier molecular flexibility index (Phi) is 2.94. The van der Waals surface area contributed by atoms with Crippen LogP contribution in [-0.4, -0.2) is 6.29 Å². The van der Waals surface area contributed by atoms with Crippen molar-refractivity contribution >= 4 is 11.4 Å². The topological polar surface area (TPSA) is 50.1 Å². The first-order valence-corrected chi connectivity index (χ1v) is 4.24. The molecule has 0 saturated heterocycles. The third kappa shape index (κ3) is 1.68. The molecule has 1 aliphatic rings. The van der Waals surface area contributed by atoms with E-state index in [0.717, 1.165) is 11.4 Å². The Morgan fingerprint density at radius 3 is 1.92 bits per heavy atom. The molecule has 0 radical (unpaired) electrons. The maximum Gasteiger partial charge on any atom is 0.150 e. The van der Waals surface area contributed by atoms with E-state index in [4.69, 9.17) is 5.73 Å². The maximum absolute atomic E-state index is 5.56. The summed E-state index contributed by atoms with van der Waals surface area (Å²) in [4.78, 5) is 0. The van der Waals surface area contributed by atoms with E-state index in [1.54, 1.807) is 0 Å². The molecule has 0 amide bonds. The van der Waals surface area contributed by atoms with Crippen LogP contribution in [0.15, 0.2) is 24.3 Å². The first-order chi connectivity index (χ1) is 5.86.